The van der Waals surface area contributed by atoms with E-state index in [9.17, 15) is 9.59 Å². The summed E-state index contributed by atoms with van der Waals surface area (Å²) < 4.78 is 0.871. The molecule has 3 N–H and O–H groups in total. The van der Waals surface area contributed by atoms with Gasteiger partial charge in [0.05, 0.1) is 5.56 Å². The third kappa shape index (κ3) is 3.87. The van der Waals surface area contributed by atoms with Gasteiger partial charge in [0.1, 0.15) is 6.04 Å². The topological polar surface area (TPSA) is 72.2 Å². The zero-order chi connectivity index (χ0) is 20.4. The van der Waals surface area contributed by atoms with E-state index in [-0.39, 0.29) is 5.91 Å². The molecular weight excluding hydrogens is 428 g/mol. The summed E-state index contributed by atoms with van der Waals surface area (Å²) in [5, 5.41) is 6.48. The summed E-state index contributed by atoms with van der Waals surface area (Å²) in [6.45, 7) is 0. The number of fused-ring (bicyclic) bond motifs is 2. The van der Waals surface area contributed by atoms with Crippen LogP contribution in [0.25, 0.3) is 21.5 Å². The van der Waals surface area contributed by atoms with Crippen molar-refractivity contribution in [1.82, 2.24) is 5.32 Å². The largest absolute Gasteiger partial charge is 0.368 e. The van der Waals surface area contributed by atoms with Gasteiger partial charge in [0, 0.05) is 10.9 Å². The molecule has 4 rings (SSSR count). The van der Waals surface area contributed by atoms with Gasteiger partial charge >= 0.3 is 0 Å². The third-order valence-corrected chi connectivity index (χ3v) is 5.80. The average Bonchev–Trinajstić information content (AvgIpc) is 2.72. The first-order valence-electron chi connectivity index (χ1n) is 9.28. The second kappa shape index (κ2) is 8.05. The van der Waals surface area contributed by atoms with Gasteiger partial charge in [0.15, 0.2) is 0 Å². The summed E-state index contributed by atoms with van der Waals surface area (Å²) in [6, 6.07) is 24.3. The standard InChI is InChI=1S/C24H19BrN2O2/c25-20-12-6-3-9-17(20)14-21(23(26)28)27-24(29)22-18-10-4-1-7-15(18)13-16-8-2-5-11-19(16)22/h1-13,21H,14H2,(H2,26,28)(H,27,29)/t21-/m1/s1. The molecule has 0 radical (unpaired) electrons. The van der Waals surface area contributed by atoms with Gasteiger partial charge in [0.25, 0.3) is 5.91 Å². The van der Waals surface area contributed by atoms with E-state index in [1.807, 2.05) is 72.8 Å². The second-order valence-corrected chi connectivity index (χ2v) is 7.77. The quantitative estimate of drug-likeness (QED) is 0.440. The molecule has 144 valence electrons. The number of carbonyl (C=O) groups excluding carboxylic acids is 2. The highest BCUT2D eigenvalue weighted by Crippen LogP contribution is 2.28. The average molecular weight is 447 g/mol. The predicted octanol–water partition coefficient (Wildman–Crippen LogP) is 4.58. The second-order valence-electron chi connectivity index (χ2n) is 6.92. The Balaban J connectivity index is 1.75. The van der Waals surface area contributed by atoms with E-state index in [1.54, 1.807) is 0 Å². The molecule has 29 heavy (non-hydrogen) atoms. The highest BCUT2D eigenvalue weighted by Gasteiger charge is 2.23. The molecular formula is C24H19BrN2O2. The van der Waals surface area contributed by atoms with Crippen LogP contribution in [-0.2, 0) is 11.2 Å². The lowest BCUT2D eigenvalue weighted by Crippen LogP contribution is -2.46. The minimum Gasteiger partial charge on any atom is -0.368 e. The molecule has 5 heteroatoms. The lowest BCUT2D eigenvalue weighted by molar-refractivity contribution is -0.119. The number of nitrogens with two attached hydrogens (primary N) is 1. The molecule has 0 saturated heterocycles. The summed E-state index contributed by atoms with van der Waals surface area (Å²) >= 11 is 3.49. The maximum Gasteiger partial charge on any atom is 0.253 e. The first kappa shape index (κ1) is 19.2. The van der Waals surface area contributed by atoms with Crippen molar-refractivity contribution in [2.75, 3.05) is 0 Å². The normalized spacial score (nSPS) is 12.0. The molecule has 0 unspecified atom stereocenters. The minimum atomic E-state index is -0.820. The van der Waals surface area contributed by atoms with Crippen LogP contribution in [-0.4, -0.2) is 17.9 Å². The monoisotopic (exact) mass is 446 g/mol. The van der Waals surface area contributed by atoms with Crippen LogP contribution in [0.1, 0.15) is 15.9 Å². The van der Waals surface area contributed by atoms with Crippen LogP contribution in [0.2, 0.25) is 0 Å². The molecule has 4 aromatic carbocycles. The zero-order valence-electron chi connectivity index (χ0n) is 15.6. The van der Waals surface area contributed by atoms with Gasteiger partial charge < -0.3 is 11.1 Å². The van der Waals surface area contributed by atoms with Crippen LogP contribution in [0.3, 0.4) is 0 Å². The number of nitrogens with one attached hydrogen (secondary N) is 1. The van der Waals surface area contributed by atoms with Crippen molar-refractivity contribution in [3.05, 3.63) is 94.5 Å². The Morgan fingerprint density at radius 2 is 1.41 bits per heavy atom. The van der Waals surface area contributed by atoms with Crippen LogP contribution >= 0.6 is 15.9 Å². The number of halogens is 1. The zero-order valence-corrected chi connectivity index (χ0v) is 17.1. The van der Waals surface area contributed by atoms with E-state index in [4.69, 9.17) is 5.73 Å². The summed E-state index contributed by atoms with van der Waals surface area (Å²) in [5.41, 5.74) is 7.07. The van der Waals surface area contributed by atoms with E-state index in [2.05, 4.69) is 27.3 Å². The van der Waals surface area contributed by atoms with Crippen molar-refractivity contribution in [1.29, 1.82) is 0 Å². The molecule has 0 saturated carbocycles. The van der Waals surface area contributed by atoms with Gasteiger partial charge in [-0.05, 0) is 39.2 Å². The molecule has 0 spiro atoms. The molecule has 0 bridgehead atoms. The Morgan fingerprint density at radius 3 is 2.00 bits per heavy atom. The Hall–Kier alpha value is -3.18. The highest BCUT2D eigenvalue weighted by atomic mass is 79.9. The molecule has 4 nitrogen and oxygen atoms in total. The molecule has 0 aliphatic rings. The first-order valence-corrected chi connectivity index (χ1v) is 10.1. The summed E-state index contributed by atoms with van der Waals surface area (Å²) in [7, 11) is 0. The van der Waals surface area contributed by atoms with Gasteiger partial charge in [-0.2, -0.15) is 0 Å². The number of rotatable bonds is 5. The fraction of sp³-hybridized carbons (Fsp3) is 0.0833. The Labute approximate surface area is 176 Å². The van der Waals surface area contributed by atoms with Crippen LogP contribution < -0.4 is 11.1 Å². The number of hydrogen-bond acceptors (Lipinski definition) is 2. The number of hydrogen-bond donors (Lipinski definition) is 2. The predicted molar refractivity (Wildman–Crippen MR) is 120 cm³/mol. The maximum absolute atomic E-state index is 13.3. The Bertz CT molecular complexity index is 1180. The lowest BCUT2D eigenvalue weighted by Gasteiger charge is -2.18. The minimum absolute atomic E-state index is 0.311. The van der Waals surface area contributed by atoms with Crippen molar-refractivity contribution >= 4 is 49.3 Å². The van der Waals surface area contributed by atoms with Crippen molar-refractivity contribution in [3.63, 3.8) is 0 Å². The van der Waals surface area contributed by atoms with Crippen LogP contribution in [0.5, 0.6) is 0 Å². The summed E-state index contributed by atoms with van der Waals surface area (Å²) in [6.07, 6.45) is 0.311. The first-order chi connectivity index (χ1) is 14.0. The van der Waals surface area contributed by atoms with Crippen molar-refractivity contribution in [3.8, 4) is 0 Å². The van der Waals surface area contributed by atoms with Crippen molar-refractivity contribution in [2.45, 2.75) is 12.5 Å². The van der Waals surface area contributed by atoms with Crippen LogP contribution in [0.15, 0.2) is 83.3 Å². The summed E-state index contributed by atoms with van der Waals surface area (Å²) in [4.78, 5) is 25.4. The van der Waals surface area contributed by atoms with Gasteiger partial charge in [-0.3, -0.25) is 9.59 Å². The van der Waals surface area contributed by atoms with Crippen LogP contribution in [0.4, 0.5) is 0 Å². The number of amides is 2. The van der Waals surface area contributed by atoms with E-state index in [1.165, 1.54) is 0 Å². The summed E-state index contributed by atoms with van der Waals surface area (Å²) in [5.74, 6) is -0.882. The molecule has 0 heterocycles. The van der Waals surface area contributed by atoms with Crippen molar-refractivity contribution < 1.29 is 9.59 Å². The van der Waals surface area contributed by atoms with Gasteiger partial charge in [0.2, 0.25) is 5.91 Å². The van der Waals surface area contributed by atoms with E-state index >= 15 is 0 Å². The van der Waals surface area contributed by atoms with Crippen molar-refractivity contribution in [2.24, 2.45) is 5.73 Å². The molecule has 2 amide bonds. The van der Waals surface area contributed by atoms with Gasteiger partial charge in [-0.1, -0.05) is 82.7 Å². The smallest absolute Gasteiger partial charge is 0.253 e. The van der Waals surface area contributed by atoms with Gasteiger partial charge in [-0.15, -0.1) is 0 Å². The van der Waals surface area contributed by atoms with Crippen LogP contribution in [0, 0.1) is 0 Å². The molecule has 1 atom stereocenters. The number of primary amides is 1. The highest BCUT2D eigenvalue weighted by molar-refractivity contribution is 9.10. The fourth-order valence-electron chi connectivity index (χ4n) is 3.60. The SMILES string of the molecule is NC(=O)[C@@H](Cc1ccccc1Br)NC(=O)c1c2ccccc2cc2ccccc12. The van der Waals surface area contributed by atoms with E-state index in [0.717, 1.165) is 31.6 Å². The lowest BCUT2D eigenvalue weighted by atomic mass is 9.95. The molecule has 0 aromatic heterocycles. The Kier molecular flexibility index (Phi) is 5.32. The third-order valence-electron chi connectivity index (χ3n) is 5.03. The maximum atomic E-state index is 13.3. The number of benzene rings is 4. The number of carbonyl (C=O) groups is 2. The molecule has 0 fully saturated rings. The molecule has 4 aromatic rings. The van der Waals surface area contributed by atoms with E-state index in [0.29, 0.717) is 12.0 Å². The molecule has 0 aliphatic carbocycles. The molecule has 0 aliphatic heterocycles. The van der Waals surface area contributed by atoms with E-state index < -0.39 is 11.9 Å². The van der Waals surface area contributed by atoms with Gasteiger partial charge in [-0.25, -0.2) is 0 Å². The Morgan fingerprint density at radius 1 is 0.862 bits per heavy atom. The fourth-order valence-corrected chi connectivity index (χ4v) is 4.04.